The van der Waals surface area contributed by atoms with Crippen LogP contribution in [-0.2, 0) is 13.0 Å². The van der Waals surface area contributed by atoms with E-state index in [2.05, 4.69) is 24.4 Å². The SMILES string of the molecule is CC(CCc1ccccc1)NCc1cc(F)ccc1O. The summed E-state index contributed by atoms with van der Waals surface area (Å²) < 4.78 is 13.1. The Balaban J connectivity index is 1.80. The lowest BCUT2D eigenvalue weighted by molar-refractivity contribution is 0.452. The third kappa shape index (κ3) is 4.35. The van der Waals surface area contributed by atoms with E-state index in [4.69, 9.17) is 0 Å². The zero-order chi connectivity index (χ0) is 14.4. The molecule has 0 saturated carbocycles. The van der Waals surface area contributed by atoms with Gasteiger partial charge in [0.2, 0.25) is 0 Å². The van der Waals surface area contributed by atoms with Gasteiger partial charge in [0.05, 0.1) is 0 Å². The Morgan fingerprint density at radius 1 is 1.15 bits per heavy atom. The summed E-state index contributed by atoms with van der Waals surface area (Å²) in [6.45, 7) is 2.57. The summed E-state index contributed by atoms with van der Waals surface area (Å²) in [6, 6.07) is 14.6. The Morgan fingerprint density at radius 2 is 1.90 bits per heavy atom. The predicted octanol–water partition coefficient (Wildman–Crippen LogP) is 3.64. The second-order valence-corrected chi connectivity index (χ2v) is 5.08. The van der Waals surface area contributed by atoms with Gasteiger partial charge in [0.15, 0.2) is 0 Å². The molecule has 20 heavy (non-hydrogen) atoms. The number of rotatable bonds is 6. The quantitative estimate of drug-likeness (QED) is 0.842. The van der Waals surface area contributed by atoms with Crippen LogP contribution in [0.25, 0.3) is 0 Å². The molecule has 0 aromatic heterocycles. The lowest BCUT2D eigenvalue weighted by Gasteiger charge is -2.14. The molecule has 0 saturated heterocycles. The largest absolute Gasteiger partial charge is 0.508 e. The van der Waals surface area contributed by atoms with Gasteiger partial charge in [-0.15, -0.1) is 0 Å². The Kier molecular flexibility index (Phi) is 5.13. The average Bonchev–Trinajstić information content (AvgIpc) is 2.47. The Bertz CT molecular complexity index is 542. The van der Waals surface area contributed by atoms with Gasteiger partial charge in [-0.3, -0.25) is 0 Å². The monoisotopic (exact) mass is 273 g/mol. The summed E-state index contributed by atoms with van der Waals surface area (Å²) in [5.74, 6) is -0.189. The van der Waals surface area contributed by atoms with Crippen molar-refractivity contribution in [1.29, 1.82) is 0 Å². The molecule has 0 amide bonds. The Labute approximate surface area is 119 Å². The standard InChI is InChI=1S/C17H20FNO/c1-13(7-8-14-5-3-2-4-6-14)19-12-15-11-16(18)9-10-17(15)20/h2-6,9-11,13,19-20H,7-8,12H2,1H3. The lowest BCUT2D eigenvalue weighted by Crippen LogP contribution is -2.26. The molecule has 2 nitrogen and oxygen atoms in total. The van der Waals surface area contributed by atoms with Crippen LogP contribution in [0.4, 0.5) is 4.39 Å². The Hall–Kier alpha value is -1.87. The molecule has 2 N–H and O–H groups in total. The van der Waals surface area contributed by atoms with E-state index in [0.717, 1.165) is 12.8 Å². The van der Waals surface area contributed by atoms with Crippen LogP contribution >= 0.6 is 0 Å². The molecule has 0 aliphatic carbocycles. The van der Waals surface area contributed by atoms with Crippen LogP contribution < -0.4 is 5.32 Å². The molecule has 2 rings (SSSR count). The molecule has 0 fully saturated rings. The molecule has 2 aromatic carbocycles. The van der Waals surface area contributed by atoms with Gasteiger partial charge >= 0.3 is 0 Å². The summed E-state index contributed by atoms with van der Waals surface area (Å²) >= 11 is 0. The van der Waals surface area contributed by atoms with E-state index in [1.165, 1.54) is 23.8 Å². The van der Waals surface area contributed by atoms with Crippen LogP contribution in [0.3, 0.4) is 0 Å². The van der Waals surface area contributed by atoms with Gasteiger partial charge < -0.3 is 10.4 Å². The molecular formula is C17H20FNO. The van der Waals surface area contributed by atoms with E-state index in [0.29, 0.717) is 18.2 Å². The first-order chi connectivity index (χ1) is 9.65. The van der Waals surface area contributed by atoms with Crippen molar-refractivity contribution in [2.75, 3.05) is 0 Å². The van der Waals surface area contributed by atoms with Crippen LogP contribution in [0.15, 0.2) is 48.5 Å². The van der Waals surface area contributed by atoms with Crippen LogP contribution in [-0.4, -0.2) is 11.1 Å². The molecule has 106 valence electrons. The van der Waals surface area contributed by atoms with Crippen molar-refractivity contribution in [3.8, 4) is 5.75 Å². The van der Waals surface area contributed by atoms with E-state index >= 15 is 0 Å². The zero-order valence-electron chi connectivity index (χ0n) is 11.6. The number of phenolic OH excluding ortho intramolecular Hbond substituents is 1. The minimum Gasteiger partial charge on any atom is -0.508 e. The number of halogens is 1. The van der Waals surface area contributed by atoms with Crippen LogP contribution in [0.2, 0.25) is 0 Å². The number of aromatic hydroxyl groups is 1. The van der Waals surface area contributed by atoms with Crippen molar-refractivity contribution in [3.63, 3.8) is 0 Å². The zero-order valence-corrected chi connectivity index (χ0v) is 11.6. The maximum atomic E-state index is 13.1. The van der Waals surface area contributed by atoms with Crippen molar-refractivity contribution in [1.82, 2.24) is 5.32 Å². The van der Waals surface area contributed by atoms with Crippen LogP contribution in [0.5, 0.6) is 5.75 Å². The van der Waals surface area contributed by atoms with Crippen molar-refractivity contribution < 1.29 is 9.50 Å². The summed E-state index contributed by atoms with van der Waals surface area (Å²) in [6.07, 6.45) is 2.00. The average molecular weight is 273 g/mol. The molecule has 0 bridgehead atoms. The topological polar surface area (TPSA) is 32.3 Å². The van der Waals surface area contributed by atoms with Gasteiger partial charge in [0, 0.05) is 18.2 Å². The summed E-state index contributed by atoms with van der Waals surface area (Å²) in [5.41, 5.74) is 1.91. The van der Waals surface area contributed by atoms with Gasteiger partial charge in [-0.05, 0) is 43.5 Å². The maximum absolute atomic E-state index is 13.1. The first-order valence-electron chi connectivity index (χ1n) is 6.90. The van der Waals surface area contributed by atoms with E-state index in [1.807, 2.05) is 18.2 Å². The van der Waals surface area contributed by atoms with Gasteiger partial charge in [0.1, 0.15) is 11.6 Å². The lowest BCUT2D eigenvalue weighted by atomic mass is 10.1. The molecule has 1 unspecified atom stereocenters. The Morgan fingerprint density at radius 3 is 2.65 bits per heavy atom. The van der Waals surface area contributed by atoms with Crippen molar-refractivity contribution in [2.45, 2.75) is 32.4 Å². The fourth-order valence-corrected chi connectivity index (χ4v) is 2.11. The molecule has 0 radical (unpaired) electrons. The summed E-state index contributed by atoms with van der Waals surface area (Å²) in [5, 5.41) is 13.0. The van der Waals surface area contributed by atoms with E-state index < -0.39 is 0 Å². The number of phenols is 1. The highest BCUT2D eigenvalue weighted by atomic mass is 19.1. The van der Waals surface area contributed by atoms with Crippen LogP contribution in [0.1, 0.15) is 24.5 Å². The minimum absolute atomic E-state index is 0.133. The highest BCUT2D eigenvalue weighted by Crippen LogP contribution is 2.17. The number of hydrogen-bond acceptors (Lipinski definition) is 2. The second-order valence-electron chi connectivity index (χ2n) is 5.08. The van der Waals surface area contributed by atoms with Gasteiger partial charge in [-0.2, -0.15) is 0 Å². The van der Waals surface area contributed by atoms with Crippen molar-refractivity contribution >= 4 is 0 Å². The first kappa shape index (κ1) is 14.5. The van der Waals surface area contributed by atoms with Gasteiger partial charge in [-0.1, -0.05) is 30.3 Å². The summed E-state index contributed by atoms with van der Waals surface area (Å²) in [4.78, 5) is 0. The third-order valence-corrected chi connectivity index (χ3v) is 3.39. The first-order valence-corrected chi connectivity index (χ1v) is 6.90. The molecule has 0 spiro atoms. The summed E-state index contributed by atoms with van der Waals surface area (Å²) in [7, 11) is 0. The molecule has 2 aromatic rings. The predicted molar refractivity (Wildman–Crippen MR) is 79.1 cm³/mol. The second kappa shape index (κ2) is 7.06. The number of benzene rings is 2. The van der Waals surface area contributed by atoms with Crippen molar-refractivity contribution in [2.24, 2.45) is 0 Å². The molecule has 3 heteroatoms. The molecule has 0 aliphatic heterocycles. The number of hydrogen-bond donors (Lipinski definition) is 2. The molecule has 0 heterocycles. The van der Waals surface area contributed by atoms with E-state index in [-0.39, 0.29) is 11.6 Å². The molecule has 0 aliphatic rings. The highest BCUT2D eigenvalue weighted by Gasteiger charge is 2.06. The van der Waals surface area contributed by atoms with E-state index in [9.17, 15) is 9.50 Å². The van der Waals surface area contributed by atoms with Crippen molar-refractivity contribution in [3.05, 3.63) is 65.5 Å². The maximum Gasteiger partial charge on any atom is 0.123 e. The minimum atomic E-state index is -0.323. The van der Waals surface area contributed by atoms with Gasteiger partial charge in [0.25, 0.3) is 0 Å². The normalized spacial score (nSPS) is 12.3. The third-order valence-electron chi connectivity index (χ3n) is 3.39. The molecular weight excluding hydrogens is 253 g/mol. The fraction of sp³-hybridized carbons (Fsp3) is 0.294. The number of nitrogens with one attached hydrogen (secondary N) is 1. The van der Waals surface area contributed by atoms with Gasteiger partial charge in [-0.25, -0.2) is 4.39 Å². The number of aryl methyl sites for hydroxylation is 1. The fourth-order valence-electron chi connectivity index (χ4n) is 2.11. The molecule has 1 atom stereocenters. The highest BCUT2D eigenvalue weighted by molar-refractivity contribution is 5.32. The van der Waals surface area contributed by atoms with E-state index in [1.54, 1.807) is 0 Å². The van der Waals surface area contributed by atoms with Crippen LogP contribution in [0, 0.1) is 5.82 Å². The smallest absolute Gasteiger partial charge is 0.123 e.